The molecule has 0 saturated heterocycles. The first-order chi connectivity index (χ1) is 12.4. The fourth-order valence-electron chi connectivity index (χ4n) is 2.78. The second-order valence-corrected chi connectivity index (χ2v) is 6.26. The van der Waals surface area contributed by atoms with E-state index in [9.17, 15) is 13.2 Å². The van der Waals surface area contributed by atoms with Crippen LogP contribution < -0.4 is 10.1 Å². The van der Waals surface area contributed by atoms with Crippen molar-refractivity contribution < 1.29 is 17.9 Å². The van der Waals surface area contributed by atoms with Crippen molar-refractivity contribution in [3.63, 3.8) is 0 Å². The molecule has 5 heteroatoms. The third kappa shape index (κ3) is 4.99. The van der Waals surface area contributed by atoms with Crippen molar-refractivity contribution in [2.24, 2.45) is 0 Å². The number of rotatable bonds is 6. The highest BCUT2D eigenvalue weighted by molar-refractivity contribution is 5.83. The molecule has 1 atom stereocenters. The summed E-state index contributed by atoms with van der Waals surface area (Å²) in [4.78, 5) is 0. The molecule has 0 spiro atoms. The summed E-state index contributed by atoms with van der Waals surface area (Å²) in [5, 5.41) is 5.78. The summed E-state index contributed by atoms with van der Waals surface area (Å²) in [6, 6.07) is 21.3. The van der Waals surface area contributed by atoms with Gasteiger partial charge in [-0.15, -0.1) is 0 Å². The zero-order valence-electron chi connectivity index (χ0n) is 14.4. The summed E-state index contributed by atoms with van der Waals surface area (Å²) in [5.74, 6) is 0.222. The first kappa shape index (κ1) is 18.3. The number of ether oxygens (including phenoxy) is 1. The normalized spacial score (nSPS) is 12.9. The minimum absolute atomic E-state index is 0.111. The number of halogens is 3. The van der Waals surface area contributed by atoms with E-state index in [-0.39, 0.29) is 11.8 Å². The van der Waals surface area contributed by atoms with Crippen LogP contribution in [0.25, 0.3) is 10.8 Å². The Morgan fingerprint density at radius 2 is 1.69 bits per heavy atom. The van der Waals surface area contributed by atoms with Gasteiger partial charge in [-0.2, -0.15) is 13.2 Å². The summed E-state index contributed by atoms with van der Waals surface area (Å²) in [6.07, 6.45) is -4.33. The summed E-state index contributed by atoms with van der Waals surface area (Å²) >= 11 is 0. The smallest absolute Gasteiger partial charge is 0.422 e. The molecule has 1 N–H and O–H groups in total. The van der Waals surface area contributed by atoms with Crippen LogP contribution >= 0.6 is 0 Å². The Bertz CT molecular complexity index is 876. The van der Waals surface area contributed by atoms with Gasteiger partial charge in [0.15, 0.2) is 6.61 Å². The maximum atomic E-state index is 12.3. The van der Waals surface area contributed by atoms with Crippen LogP contribution in [0.3, 0.4) is 0 Å². The van der Waals surface area contributed by atoms with E-state index in [1.165, 1.54) is 16.8 Å². The molecule has 0 amide bonds. The second-order valence-electron chi connectivity index (χ2n) is 6.26. The predicted molar refractivity (Wildman–Crippen MR) is 97.2 cm³/mol. The van der Waals surface area contributed by atoms with Crippen molar-refractivity contribution in [3.05, 3.63) is 77.9 Å². The molecular weight excluding hydrogens is 339 g/mol. The molecule has 3 rings (SSSR count). The fraction of sp³-hybridized carbons (Fsp3) is 0.238. The van der Waals surface area contributed by atoms with Gasteiger partial charge >= 0.3 is 6.18 Å². The topological polar surface area (TPSA) is 21.3 Å². The Kier molecular flexibility index (Phi) is 5.47. The van der Waals surface area contributed by atoms with E-state index in [1.54, 1.807) is 12.1 Å². The van der Waals surface area contributed by atoms with Gasteiger partial charge in [0.2, 0.25) is 0 Å². The average Bonchev–Trinajstić information content (AvgIpc) is 2.64. The molecule has 2 nitrogen and oxygen atoms in total. The molecule has 0 fully saturated rings. The van der Waals surface area contributed by atoms with E-state index in [1.807, 2.05) is 18.2 Å². The fourth-order valence-corrected chi connectivity index (χ4v) is 2.78. The van der Waals surface area contributed by atoms with Gasteiger partial charge in [-0.3, -0.25) is 0 Å². The maximum Gasteiger partial charge on any atom is 0.422 e. The number of fused-ring (bicyclic) bond motifs is 1. The molecule has 0 aromatic heterocycles. The van der Waals surface area contributed by atoms with Crippen LogP contribution in [0.4, 0.5) is 13.2 Å². The van der Waals surface area contributed by atoms with Crippen LogP contribution in [0.1, 0.15) is 24.1 Å². The van der Waals surface area contributed by atoms with Crippen LogP contribution in [0.15, 0.2) is 66.7 Å². The van der Waals surface area contributed by atoms with Gasteiger partial charge in [0.1, 0.15) is 5.75 Å². The average molecular weight is 359 g/mol. The van der Waals surface area contributed by atoms with Gasteiger partial charge in [0.25, 0.3) is 0 Å². The van der Waals surface area contributed by atoms with Gasteiger partial charge in [-0.25, -0.2) is 0 Å². The molecule has 0 aliphatic carbocycles. The first-order valence-electron chi connectivity index (χ1n) is 8.41. The van der Waals surface area contributed by atoms with Gasteiger partial charge in [-0.1, -0.05) is 48.5 Å². The first-order valence-corrected chi connectivity index (χ1v) is 8.41. The minimum Gasteiger partial charge on any atom is -0.484 e. The number of alkyl halides is 3. The third-order valence-corrected chi connectivity index (χ3v) is 4.19. The highest BCUT2D eigenvalue weighted by atomic mass is 19.4. The third-order valence-electron chi connectivity index (χ3n) is 4.19. The molecular formula is C21H20F3NO. The number of hydrogen-bond donors (Lipinski definition) is 1. The standard InChI is InChI=1S/C21H20F3NO/c1-15(18-10-9-17-6-2-3-7-19(17)12-18)25-13-16-5-4-8-20(11-16)26-14-21(22,23)24/h2-12,15,25H,13-14H2,1H3. The van der Waals surface area contributed by atoms with Crippen LogP contribution in [0.5, 0.6) is 5.75 Å². The quantitative estimate of drug-likeness (QED) is 0.616. The molecule has 0 saturated carbocycles. The summed E-state index contributed by atoms with van der Waals surface area (Å²) in [5.41, 5.74) is 2.03. The zero-order chi connectivity index (χ0) is 18.6. The summed E-state index contributed by atoms with van der Waals surface area (Å²) in [6.45, 7) is 1.32. The number of hydrogen-bond acceptors (Lipinski definition) is 2. The Morgan fingerprint density at radius 1 is 0.923 bits per heavy atom. The molecule has 1 unspecified atom stereocenters. The van der Waals surface area contributed by atoms with Gasteiger partial charge < -0.3 is 10.1 Å². The molecule has 0 radical (unpaired) electrons. The van der Waals surface area contributed by atoms with Gasteiger partial charge in [0.05, 0.1) is 0 Å². The molecule has 3 aromatic rings. The summed E-state index contributed by atoms with van der Waals surface area (Å²) in [7, 11) is 0. The largest absolute Gasteiger partial charge is 0.484 e. The van der Waals surface area contributed by atoms with Crippen molar-refractivity contribution in [2.75, 3.05) is 6.61 Å². The molecule has 0 aliphatic heterocycles. The molecule has 0 aliphatic rings. The molecule has 3 aromatic carbocycles. The molecule has 0 heterocycles. The van der Waals surface area contributed by atoms with Crippen molar-refractivity contribution in [1.29, 1.82) is 0 Å². The lowest BCUT2D eigenvalue weighted by Crippen LogP contribution is -2.20. The summed E-state index contributed by atoms with van der Waals surface area (Å²) < 4.78 is 41.6. The minimum atomic E-state index is -4.33. The second kappa shape index (κ2) is 7.79. The van der Waals surface area contributed by atoms with Crippen LogP contribution in [-0.2, 0) is 6.54 Å². The van der Waals surface area contributed by atoms with E-state index in [0.717, 1.165) is 11.1 Å². The van der Waals surface area contributed by atoms with E-state index in [4.69, 9.17) is 4.74 Å². The van der Waals surface area contributed by atoms with Crippen molar-refractivity contribution in [2.45, 2.75) is 25.7 Å². The SMILES string of the molecule is CC(NCc1cccc(OCC(F)(F)F)c1)c1ccc2ccccc2c1. The Morgan fingerprint density at radius 3 is 2.46 bits per heavy atom. The van der Waals surface area contributed by atoms with Crippen molar-refractivity contribution in [3.8, 4) is 5.75 Å². The lowest BCUT2D eigenvalue weighted by Gasteiger charge is -2.16. The monoisotopic (exact) mass is 359 g/mol. The molecule has 136 valence electrons. The number of benzene rings is 3. The van der Waals surface area contributed by atoms with E-state index in [0.29, 0.717) is 6.54 Å². The van der Waals surface area contributed by atoms with Gasteiger partial charge in [0, 0.05) is 12.6 Å². The highest BCUT2D eigenvalue weighted by Gasteiger charge is 2.28. The highest BCUT2D eigenvalue weighted by Crippen LogP contribution is 2.22. The van der Waals surface area contributed by atoms with Crippen LogP contribution in [0.2, 0.25) is 0 Å². The van der Waals surface area contributed by atoms with Gasteiger partial charge in [-0.05, 0) is 47.0 Å². The Labute approximate surface area is 150 Å². The Balaban J connectivity index is 1.62. The zero-order valence-corrected chi connectivity index (χ0v) is 14.4. The Hall–Kier alpha value is -2.53. The predicted octanol–water partition coefficient (Wildman–Crippen LogP) is 5.63. The lowest BCUT2D eigenvalue weighted by molar-refractivity contribution is -0.153. The van der Waals surface area contributed by atoms with Crippen LogP contribution in [0, 0.1) is 0 Å². The van der Waals surface area contributed by atoms with E-state index in [2.05, 4.69) is 42.6 Å². The molecule has 0 bridgehead atoms. The molecule has 26 heavy (non-hydrogen) atoms. The van der Waals surface area contributed by atoms with E-state index < -0.39 is 12.8 Å². The van der Waals surface area contributed by atoms with Crippen molar-refractivity contribution in [1.82, 2.24) is 5.32 Å². The van der Waals surface area contributed by atoms with E-state index >= 15 is 0 Å². The lowest BCUT2D eigenvalue weighted by atomic mass is 10.0. The maximum absolute atomic E-state index is 12.3. The van der Waals surface area contributed by atoms with Crippen LogP contribution in [-0.4, -0.2) is 12.8 Å². The number of nitrogens with one attached hydrogen (secondary N) is 1. The van der Waals surface area contributed by atoms with Crippen molar-refractivity contribution >= 4 is 10.8 Å².